The molecule has 0 spiro atoms. The van der Waals surface area contributed by atoms with Crippen LogP contribution >= 0.6 is 11.6 Å². The van der Waals surface area contributed by atoms with Gasteiger partial charge in [-0.05, 0) is 19.3 Å². The van der Waals surface area contributed by atoms with Crippen LogP contribution in [0.15, 0.2) is 12.7 Å². The molecule has 0 atom stereocenters. The molecule has 0 saturated carbocycles. The number of unbranched alkanes of at least 4 members (excludes halogenated alkanes) is 2. The van der Waals surface area contributed by atoms with Gasteiger partial charge in [0.1, 0.15) is 11.8 Å². The number of rotatable bonds is 5. The maximum Gasteiger partial charge on any atom is 0.164 e. The first-order valence-corrected chi connectivity index (χ1v) is 5.63. The predicted octanol–water partition coefficient (Wildman–Crippen LogP) is 1.64. The van der Waals surface area contributed by atoms with Gasteiger partial charge in [0.25, 0.3) is 0 Å². The van der Waals surface area contributed by atoms with Crippen LogP contribution in [0, 0.1) is 0 Å². The molecule has 0 bridgehead atoms. The zero-order valence-corrected chi connectivity index (χ0v) is 9.56. The Balaban J connectivity index is 2.10. The minimum atomic E-state index is 0.249. The maximum atomic E-state index is 8.67. The third-order valence-electron chi connectivity index (χ3n) is 2.41. The molecule has 0 unspecified atom stereocenters. The lowest BCUT2D eigenvalue weighted by molar-refractivity contribution is 0.282. The van der Waals surface area contributed by atoms with Gasteiger partial charge in [-0.2, -0.15) is 0 Å². The first kappa shape index (κ1) is 11.3. The molecule has 5 nitrogen and oxygen atoms in total. The van der Waals surface area contributed by atoms with Crippen molar-refractivity contribution in [3.05, 3.63) is 17.8 Å². The second-order valence-corrected chi connectivity index (χ2v) is 3.92. The Bertz CT molecular complexity index is 471. The Kier molecular flexibility index (Phi) is 3.69. The van der Waals surface area contributed by atoms with Crippen molar-refractivity contribution in [1.82, 2.24) is 19.5 Å². The number of imidazole rings is 1. The van der Waals surface area contributed by atoms with Gasteiger partial charge in [-0.25, -0.2) is 15.0 Å². The Morgan fingerprint density at radius 1 is 1.19 bits per heavy atom. The monoisotopic (exact) mass is 240 g/mol. The van der Waals surface area contributed by atoms with Crippen LogP contribution in [0.25, 0.3) is 11.2 Å². The molecule has 0 amide bonds. The van der Waals surface area contributed by atoms with Crippen LogP contribution in [0.5, 0.6) is 0 Å². The number of aliphatic hydroxyl groups is 1. The van der Waals surface area contributed by atoms with E-state index >= 15 is 0 Å². The van der Waals surface area contributed by atoms with Crippen LogP contribution < -0.4 is 0 Å². The van der Waals surface area contributed by atoms with Gasteiger partial charge in [0.2, 0.25) is 0 Å². The quantitative estimate of drug-likeness (QED) is 0.638. The van der Waals surface area contributed by atoms with E-state index in [9.17, 15) is 0 Å². The van der Waals surface area contributed by atoms with Crippen LogP contribution in [0.4, 0.5) is 0 Å². The summed E-state index contributed by atoms with van der Waals surface area (Å²) >= 11 is 5.89. The van der Waals surface area contributed by atoms with Gasteiger partial charge in [0.15, 0.2) is 10.8 Å². The highest BCUT2D eigenvalue weighted by Gasteiger charge is 2.07. The molecule has 1 N–H and O–H groups in total. The van der Waals surface area contributed by atoms with Gasteiger partial charge in [0, 0.05) is 13.2 Å². The highest BCUT2D eigenvalue weighted by atomic mass is 35.5. The fourth-order valence-corrected chi connectivity index (χ4v) is 1.76. The van der Waals surface area contributed by atoms with E-state index in [4.69, 9.17) is 16.7 Å². The summed E-state index contributed by atoms with van der Waals surface area (Å²) < 4.78 is 1.96. The summed E-state index contributed by atoms with van der Waals surface area (Å²) in [4.78, 5) is 12.2. The molecule has 6 heteroatoms. The fourth-order valence-electron chi connectivity index (χ4n) is 1.59. The summed E-state index contributed by atoms with van der Waals surface area (Å²) in [6.07, 6.45) is 5.99. The van der Waals surface area contributed by atoms with Crippen LogP contribution in [0.2, 0.25) is 5.15 Å². The average Bonchev–Trinajstić information content (AvgIpc) is 2.70. The maximum absolute atomic E-state index is 8.67. The zero-order valence-electron chi connectivity index (χ0n) is 8.80. The second-order valence-electron chi connectivity index (χ2n) is 3.56. The molecule has 16 heavy (non-hydrogen) atoms. The normalized spacial score (nSPS) is 11.1. The number of halogens is 1. The van der Waals surface area contributed by atoms with Crippen molar-refractivity contribution >= 4 is 22.8 Å². The van der Waals surface area contributed by atoms with E-state index in [1.54, 1.807) is 6.33 Å². The summed E-state index contributed by atoms with van der Waals surface area (Å²) in [6.45, 7) is 1.09. The molecule has 2 aromatic heterocycles. The molecule has 86 valence electrons. The summed E-state index contributed by atoms with van der Waals surface area (Å²) in [5.74, 6) is 0. The van der Waals surface area contributed by atoms with Crippen molar-refractivity contribution in [2.24, 2.45) is 0 Å². The molecular formula is C10H13ClN4O. The van der Waals surface area contributed by atoms with E-state index in [1.165, 1.54) is 6.33 Å². The van der Waals surface area contributed by atoms with Gasteiger partial charge in [-0.15, -0.1) is 0 Å². The number of hydrogen-bond acceptors (Lipinski definition) is 4. The minimum absolute atomic E-state index is 0.249. The van der Waals surface area contributed by atoms with Crippen molar-refractivity contribution in [2.45, 2.75) is 25.8 Å². The standard InChI is InChI=1S/C10H13ClN4O/c11-9-8-10(13-6-12-9)15(7-14-8)4-2-1-3-5-16/h6-7,16H,1-5H2. The molecule has 0 aromatic carbocycles. The first-order valence-electron chi connectivity index (χ1n) is 5.25. The molecular weight excluding hydrogens is 228 g/mol. The molecule has 0 aliphatic carbocycles. The number of nitrogens with zero attached hydrogens (tertiary/aromatic N) is 4. The van der Waals surface area contributed by atoms with Crippen molar-refractivity contribution in [2.75, 3.05) is 6.61 Å². The van der Waals surface area contributed by atoms with E-state index < -0.39 is 0 Å². The van der Waals surface area contributed by atoms with Crippen LogP contribution in [-0.4, -0.2) is 31.2 Å². The first-order chi connectivity index (χ1) is 7.83. The SMILES string of the molecule is OCCCCCn1cnc2c(Cl)ncnc21. The number of fused-ring (bicyclic) bond motifs is 1. The van der Waals surface area contributed by atoms with E-state index in [0.717, 1.165) is 31.5 Å². The average molecular weight is 241 g/mol. The molecule has 0 radical (unpaired) electrons. The van der Waals surface area contributed by atoms with Crippen molar-refractivity contribution in [3.63, 3.8) is 0 Å². The summed E-state index contributed by atoms with van der Waals surface area (Å²) in [6, 6.07) is 0. The van der Waals surface area contributed by atoms with Crippen molar-refractivity contribution < 1.29 is 5.11 Å². The lowest BCUT2D eigenvalue weighted by Gasteiger charge is -2.02. The van der Waals surface area contributed by atoms with Gasteiger partial charge in [-0.1, -0.05) is 11.6 Å². The summed E-state index contributed by atoms with van der Waals surface area (Å²) in [7, 11) is 0. The highest BCUT2D eigenvalue weighted by molar-refractivity contribution is 6.33. The van der Waals surface area contributed by atoms with Gasteiger partial charge >= 0.3 is 0 Å². The Morgan fingerprint density at radius 3 is 2.88 bits per heavy atom. The van der Waals surface area contributed by atoms with E-state index in [-0.39, 0.29) is 6.61 Å². The van der Waals surface area contributed by atoms with Gasteiger partial charge < -0.3 is 9.67 Å². The van der Waals surface area contributed by atoms with Crippen molar-refractivity contribution in [3.8, 4) is 0 Å². The van der Waals surface area contributed by atoms with Gasteiger partial charge in [-0.3, -0.25) is 0 Å². The smallest absolute Gasteiger partial charge is 0.164 e. The predicted molar refractivity (Wildman–Crippen MR) is 61.3 cm³/mol. The third-order valence-corrected chi connectivity index (χ3v) is 2.69. The molecule has 2 aromatic rings. The number of aromatic nitrogens is 4. The van der Waals surface area contributed by atoms with E-state index in [1.807, 2.05) is 4.57 Å². The lowest BCUT2D eigenvalue weighted by Crippen LogP contribution is -1.98. The number of aryl methyl sites for hydroxylation is 1. The molecule has 0 aliphatic rings. The molecule has 0 saturated heterocycles. The highest BCUT2D eigenvalue weighted by Crippen LogP contribution is 2.17. The fraction of sp³-hybridized carbons (Fsp3) is 0.500. The van der Waals surface area contributed by atoms with Crippen molar-refractivity contribution in [1.29, 1.82) is 0 Å². The summed E-state index contributed by atoms with van der Waals surface area (Å²) in [5, 5.41) is 9.06. The molecule has 2 heterocycles. The second kappa shape index (κ2) is 5.23. The largest absolute Gasteiger partial charge is 0.396 e. The van der Waals surface area contributed by atoms with Crippen LogP contribution in [0.3, 0.4) is 0 Å². The zero-order chi connectivity index (χ0) is 11.4. The Labute approximate surface area is 98.1 Å². The molecule has 2 rings (SSSR count). The number of hydrogen-bond donors (Lipinski definition) is 1. The lowest BCUT2D eigenvalue weighted by atomic mass is 10.2. The summed E-state index contributed by atoms with van der Waals surface area (Å²) in [5.41, 5.74) is 1.41. The molecule has 0 aliphatic heterocycles. The van der Waals surface area contributed by atoms with E-state index in [0.29, 0.717) is 10.7 Å². The van der Waals surface area contributed by atoms with Crippen LogP contribution in [-0.2, 0) is 6.54 Å². The van der Waals surface area contributed by atoms with Crippen LogP contribution in [0.1, 0.15) is 19.3 Å². The topological polar surface area (TPSA) is 63.8 Å². The van der Waals surface area contributed by atoms with E-state index in [2.05, 4.69) is 15.0 Å². The number of aliphatic hydroxyl groups excluding tert-OH is 1. The van der Waals surface area contributed by atoms with Gasteiger partial charge in [0.05, 0.1) is 6.33 Å². The Morgan fingerprint density at radius 2 is 2.06 bits per heavy atom. The minimum Gasteiger partial charge on any atom is -0.396 e. The Hall–Kier alpha value is -1.20. The third kappa shape index (κ3) is 2.31. The molecule has 0 fully saturated rings.